The van der Waals surface area contributed by atoms with Gasteiger partial charge in [0.1, 0.15) is 0 Å². The predicted molar refractivity (Wildman–Crippen MR) is 84.4 cm³/mol. The first kappa shape index (κ1) is 15.2. The minimum absolute atomic E-state index is 0.0406. The van der Waals surface area contributed by atoms with Gasteiger partial charge in [0.25, 0.3) is 5.69 Å². The van der Waals surface area contributed by atoms with Crippen molar-refractivity contribution in [3.05, 3.63) is 80.2 Å². The van der Waals surface area contributed by atoms with Gasteiger partial charge in [0, 0.05) is 28.9 Å². The van der Waals surface area contributed by atoms with Gasteiger partial charge in [0.05, 0.1) is 11.0 Å². The quantitative estimate of drug-likeness (QED) is 0.199. The third-order valence-electron chi connectivity index (χ3n) is 3.09. The van der Waals surface area contributed by atoms with Crippen LogP contribution in [0.15, 0.2) is 58.6 Å². The number of azide groups is 1. The van der Waals surface area contributed by atoms with Crippen LogP contribution >= 0.6 is 0 Å². The number of nitro benzene ring substituents is 1. The number of benzene rings is 2. The largest absolute Gasteiger partial charge is 0.285 e. The van der Waals surface area contributed by atoms with E-state index >= 15 is 0 Å². The monoisotopic (exact) mass is 295 g/mol. The molecule has 0 N–H and O–H groups in total. The van der Waals surface area contributed by atoms with E-state index in [4.69, 9.17) is 5.53 Å². The van der Waals surface area contributed by atoms with Gasteiger partial charge in [-0.2, -0.15) is 0 Å². The van der Waals surface area contributed by atoms with Crippen LogP contribution in [0.3, 0.4) is 0 Å². The lowest BCUT2D eigenvalue weighted by Crippen LogP contribution is -1.92. The smallest absolute Gasteiger partial charge is 0.269 e. The highest BCUT2D eigenvalue weighted by Gasteiger charge is 2.07. The highest BCUT2D eigenvalue weighted by molar-refractivity contribution is 5.80. The van der Waals surface area contributed by atoms with Gasteiger partial charge in [-0.1, -0.05) is 29.4 Å². The molecule has 0 aliphatic heterocycles. The lowest BCUT2D eigenvalue weighted by atomic mass is 10.1. The molecule has 0 saturated carbocycles. The van der Waals surface area contributed by atoms with E-state index in [1.54, 1.807) is 30.5 Å². The van der Waals surface area contributed by atoms with Gasteiger partial charge in [-0.15, -0.1) is 0 Å². The molecule has 0 spiro atoms. The molecule has 2 aromatic rings. The first-order valence-electron chi connectivity index (χ1n) is 6.53. The Kier molecular flexibility index (Phi) is 4.85. The molecule has 2 rings (SSSR count). The maximum Gasteiger partial charge on any atom is 0.269 e. The maximum absolute atomic E-state index is 10.6. The summed E-state index contributed by atoms with van der Waals surface area (Å²) in [6.07, 6.45) is 1.64. The SMILES string of the molecule is C[C@H](N=Cc1ccc([N+](=O)[O-])cc1)c1ccccc1N=[N+]=[N-]. The molecule has 0 saturated heterocycles. The van der Waals surface area contributed by atoms with Crippen LogP contribution in [0.1, 0.15) is 24.1 Å². The molecular formula is C15H13N5O2. The topological polar surface area (TPSA) is 104 Å². The van der Waals surface area contributed by atoms with E-state index in [0.29, 0.717) is 5.69 Å². The average Bonchev–Trinajstić information content (AvgIpc) is 2.54. The Labute approximate surface area is 126 Å². The Morgan fingerprint density at radius 1 is 1.23 bits per heavy atom. The predicted octanol–water partition coefficient (Wildman–Crippen LogP) is 4.72. The van der Waals surface area contributed by atoms with Crippen molar-refractivity contribution in [2.75, 3.05) is 0 Å². The lowest BCUT2D eigenvalue weighted by Gasteiger charge is -2.09. The number of rotatable bonds is 5. The zero-order chi connectivity index (χ0) is 15.9. The second kappa shape index (κ2) is 7.01. The molecule has 0 unspecified atom stereocenters. The Bertz CT molecular complexity index is 749. The molecule has 0 aliphatic rings. The molecule has 7 heteroatoms. The zero-order valence-corrected chi connectivity index (χ0v) is 11.8. The van der Waals surface area contributed by atoms with E-state index in [-0.39, 0.29) is 11.7 Å². The molecule has 0 amide bonds. The highest BCUT2D eigenvalue weighted by Crippen LogP contribution is 2.27. The van der Waals surface area contributed by atoms with Crippen LogP contribution < -0.4 is 0 Å². The van der Waals surface area contributed by atoms with Crippen LogP contribution in [0.5, 0.6) is 0 Å². The van der Waals surface area contributed by atoms with Gasteiger partial charge in [-0.3, -0.25) is 15.1 Å². The second-order valence-electron chi connectivity index (χ2n) is 4.55. The summed E-state index contributed by atoms with van der Waals surface area (Å²) in [6.45, 7) is 1.88. The standard InChI is InChI=1S/C15H13N5O2/c1-11(14-4-2-3-5-15(14)18-19-16)17-10-12-6-8-13(9-7-12)20(21)22/h2-11H,1H3/t11-/m0/s1. The summed E-state index contributed by atoms with van der Waals surface area (Å²) in [6, 6.07) is 13.1. The zero-order valence-electron chi connectivity index (χ0n) is 11.8. The molecule has 22 heavy (non-hydrogen) atoms. The van der Waals surface area contributed by atoms with Crippen LogP contribution in [0.25, 0.3) is 10.4 Å². The molecule has 0 aliphatic carbocycles. The van der Waals surface area contributed by atoms with E-state index in [1.807, 2.05) is 19.1 Å². The van der Waals surface area contributed by atoms with Crippen molar-refractivity contribution in [3.8, 4) is 0 Å². The number of hydrogen-bond donors (Lipinski definition) is 0. The Morgan fingerprint density at radius 2 is 1.91 bits per heavy atom. The van der Waals surface area contributed by atoms with E-state index in [0.717, 1.165) is 11.1 Å². The minimum Gasteiger partial charge on any atom is -0.285 e. The van der Waals surface area contributed by atoms with Crippen molar-refractivity contribution < 1.29 is 4.92 Å². The number of aliphatic imine (C=N–C) groups is 1. The summed E-state index contributed by atoms with van der Waals surface area (Å²) in [4.78, 5) is 17.4. The summed E-state index contributed by atoms with van der Waals surface area (Å²) < 4.78 is 0. The van der Waals surface area contributed by atoms with Crippen molar-refractivity contribution in [2.45, 2.75) is 13.0 Å². The van der Waals surface area contributed by atoms with Crippen molar-refractivity contribution in [2.24, 2.45) is 10.1 Å². The molecule has 0 radical (unpaired) electrons. The van der Waals surface area contributed by atoms with Gasteiger partial charge in [0.15, 0.2) is 0 Å². The van der Waals surface area contributed by atoms with Crippen molar-refractivity contribution in [1.82, 2.24) is 0 Å². The number of nitro groups is 1. The summed E-state index contributed by atoms with van der Waals surface area (Å²) in [5.41, 5.74) is 10.7. The van der Waals surface area contributed by atoms with Gasteiger partial charge in [-0.25, -0.2) is 0 Å². The Hall–Kier alpha value is -3.18. The summed E-state index contributed by atoms with van der Waals surface area (Å²) >= 11 is 0. The average molecular weight is 295 g/mol. The van der Waals surface area contributed by atoms with Gasteiger partial charge < -0.3 is 0 Å². The Morgan fingerprint density at radius 3 is 2.55 bits per heavy atom. The fourth-order valence-corrected chi connectivity index (χ4v) is 1.94. The maximum atomic E-state index is 10.6. The van der Waals surface area contributed by atoms with Crippen LogP contribution in [0.2, 0.25) is 0 Å². The Balaban J connectivity index is 2.19. The van der Waals surface area contributed by atoms with Crippen molar-refractivity contribution in [1.29, 1.82) is 0 Å². The number of nitrogens with zero attached hydrogens (tertiary/aromatic N) is 5. The van der Waals surface area contributed by atoms with Gasteiger partial charge >= 0.3 is 0 Å². The van der Waals surface area contributed by atoms with Crippen molar-refractivity contribution in [3.63, 3.8) is 0 Å². The molecule has 1 atom stereocenters. The summed E-state index contributed by atoms with van der Waals surface area (Å²) in [5.74, 6) is 0. The van der Waals surface area contributed by atoms with E-state index in [9.17, 15) is 10.1 Å². The molecule has 0 bridgehead atoms. The molecule has 0 heterocycles. The van der Waals surface area contributed by atoms with Crippen LogP contribution in [-0.2, 0) is 0 Å². The lowest BCUT2D eigenvalue weighted by molar-refractivity contribution is -0.384. The summed E-state index contributed by atoms with van der Waals surface area (Å²) in [5, 5.41) is 14.2. The molecular weight excluding hydrogens is 282 g/mol. The normalized spacial score (nSPS) is 11.9. The molecule has 0 aromatic heterocycles. The van der Waals surface area contributed by atoms with Gasteiger partial charge in [-0.05, 0) is 35.7 Å². The number of hydrogen-bond acceptors (Lipinski definition) is 4. The fraction of sp³-hybridized carbons (Fsp3) is 0.133. The van der Waals surface area contributed by atoms with Gasteiger partial charge in [0.2, 0.25) is 0 Å². The highest BCUT2D eigenvalue weighted by atomic mass is 16.6. The molecule has 110 valence electrons. The fourth-order valence-electron chi connectivity index (χ4n) is 1.94. The minimum atomic E-state index is -0.445. The third kappa shape index (κ3) is 3.68. The molecule has 7 nitrogen and oxygen atoms in total. The van der Waals surface area contributed by atoms with E-state index < -0.39 is 4.92 Å². The van der Waals surface area contributed by atoms with E-state index in [2.05, 4.69) is 15.0 Å². The van der Waals surface area contributed by atoms with Crippen LogP contribution in [0.4, 0.5) is 11.4 Å². The van der Waals surface area contributed by atoms with E-state index in [1.165, 1.54) is 12.1 Å². The third-order valence-corrected chi connectivity index (χ3v) is 3.09. The molecule has 0 fully saturated rings. The first-order chi connectivity index (χ1) is 10.6. The summed E-state index contributed by atoms with van der Waals surface area (Å²) in [7, 11) is 0. The first-order valence-corrected chi connectivity index (χ1v) is 6.53. The second-order valence-corrected chi connectivity index (χ2v) is 4.55. The van der Waals surface area contributed by atoms with Crippen LogP contribution in [0, 0.1) is 10.1 Å². The number of non-ortho nitro benzene ring substituents is 1. The molecule has 2 aromatic carbocycles. The van der Waals surface area contributed by atoms with Crippen molar-refractivity contribution >= 4 is 17.6 Å². The van der Waals surface area contributed by atoms with Crippen LogP contribution in [-0.4, -0.2) is 11.1 Å².